The third-order valence-electron chi connectivity index (χ3n) is 2.79. The molecule has 0 saturated heterocycles. The highest BCUT2D eigenvalue weighted by molar-refractivity contribution is 5.23. The van der Waals surface area contributed by atoms with Crippen LogP contribution in [0.15, 0.2) is 36.8 Å². The van der Waals surface area contributed by atoms with Gasteiger partial charge in [0.25, 0.3) is 0 Å². The fraction of sp³-hybridized carbons (Fsp3) is 0.385. The Morgan fingerprint density at radius 1 is 1.28 bits per heavy atom. The van der Waals surface area contributed by atoms with Crippen LogP contribution in [0.3, 0.4) is 0 Å². The van der Waals surface area contributed by atoms with E-state index in [0.717, 1.165) is 26.1 Å². The lowest BCUT2D eigenvalue weighted by Crippen LogP contribution is -2.20. The molecule has 0 saturated carbocycles. The predicted octanol–water partition coefficient (Wildman–Crippen LogP) is 1.38. The fourth-order valence-corrected chi connectivity index (χ4v) is 1.88. The number of nitrogen functional groups attached to an aromatic ring is 1. The fourth-order valence-electron chi connectivity index (χ4n) is 1.88. The van der Waals surface area contributed by atoms with Crippen molar-refractivity contribution in [3.05, 3.63) is 42.4 Å². The van der Waals surface area contributed by atoms with E-state index < -0.39 is 0 Å². The minimum atomic E-state index is 0.583. The van der Waals surface area contributed by atoms with Gasteiger partial charge in [0.2, 0.25) is 0 Å². The molecule has 0 atom stereocenters. The first-order valence-electron chi connectivity index (χ1n) is 6.10. The number of hydrogen-bond acceptors (Lipinski definition) is 4. The van der Waals surface area contributed by atoms with Crippen molar-refractivity contribution in [3.63, 3.8) is 0 Å². The maximum absolute atomic E-state index is 5.56. The van der Waals surface area contributed by atoms with Gasteiger partial charge >= 0.3 is 0 Å². The van der Waals surface area contributed by atoms with Gasteiger partial charge in [0, 0.05) is 31.7 Å². The van der Waals surface area contributed by atoms with Gasteiger partial charge in [-0.1, -0.05) is 0 Å². The van der Waals surface area contributed by atoms with Crippen molar-refractivity contribution in [2.24, 2.45) is 0 Å². The van der Waals surface area contributed by atoms with E-state index in [9.17, 15) is 0 Å². The maximum Gasteiger partial charge on any atom is 0.145 e. The summed E-state index contributed by atoms with van der Waals surface area (Å²) in [5, 5.41) is 4.16. The highest BCUT2D eigenvalue weighted by Gasteiger charge is 2.01. The number of rotatable bonds is 6. The number of nitrogens with zero attached hydrogens (tertiary/aromatic N) is 4. The van der Waals surface area contributed by atoms with Gasteiger partial charge in [-0.15, -0.1) is 0 Å². The summed E-state index contributed by atoms with van der Waals surface area (Å²) in [5.41, 5.74) is 6.85. The van der Waals surface area contributed by atoms with Crippen LogP contribution < -0.4 is 5.73 Å². The molecule has 2 N–H and O–H groups in total. The second-order valence-corrected chi connectivity index (χ2v) is 4.45. The van der Waals surface area contributed by atoms with Crippen molar-refractivity contribution in [2.45, 2.75) is 19.5 Å². The number of nitrogens with two attached hydrogens (primary N) is 1. The first-order valence-corrected chi connectivity index (χ1v) is 6.10. The molecule has 0 spiro atoms. The van der Waals surface area contributed by atoms with E-state index in [1.165, 1.54) is 5.56 Å². The molecule has 0 fully saturated rings. The van der Waals surface area contributed by atoms with E-state index in [2.05, 4.69) is 22.0 Å². The highest BCUT2D eigenvalue weighted by Crippen LogP contribution is 2.03. The molecular formula is C13H19N5. The summed E-state index contributed by atoms with van der Waals surface area (Å²) < 4.78 is 1.88. The minimum absolute atomic E-state index is 0.583. The van der Waals surface area contributed by atoms with Crippen LogP contribution in [-0.4, -0.2) is 33.3 Å². The van der Waals surface area contributed by atoms with Crippen LogP contribution in [0.2, 0.25) is 0 Å². The molecule has 0 aliphatic carbocycles. The molecule has 0 unspecified atom stereocenters. The monoisotopic (exact) mass is 245 g/mol. The summed E-state index contributed by atoms with van der Waals surface area (Å²) >= 11 is 0. The lowest BCUT2D eigenvalue weighted by atomic mass is 10.2. The number of pyridine rings is 1. The van der Waals surface area contributed by atoms with Gasteiger partial charge in [-0.25, -0.2) is 0 Å². The average molecular weight is 245 g/mol. The highest BCUT2D eigenvalue weighted by atomic mass is 15.3. The van der Waals surface area contributed by atoms with Gasteiger partial charge in [-0.2, -0.15) is 5.10 Å². The molecule has 0 aliphatic heterocycles. The normalized spacial score (nSPS) is 11.0. The molecule has 0 aromatic carbocycles. The quantitative estimate of drug-likeness (QED) is 0.835. The van der Waals surface area contributed by atoms with Gasteiger partial charge < -0.3 is 10.6 Å². The molecule has 0 radical (unpaired) electrons. The van der Waals surface area contributed by atoms with Crippen LogP contribution in [-0.2, 0) is 13.1 Å². The number of aromatic nitrogens is 3. The van der Waals surface area contributed by atoms with Gasteiger partial charge in [-0.3, -0.25) is 9.67 Å². The lowest BCUT2D eigenvalue weighted by Gasteiger charge is -2.16. The standard InChI is InChI=1S/C13H19N5/c1-17(11-12-3-6-15-7-4-12)8-2-9-18-10-5-13(14)16-18/h3-7,10H,2,8-9,11H2,1H3,(H2,14,16). The molecule has 5 nitrogen and oxygen atoms in total. The Labute approximate surface area is 107 Å². The molecule has 0 aliphatic rings. The topological polar surface area (TPSA) is 60.0 Å². The van der Waals surface area contributed by atoms with Crippen LogP contribution in [0.4, 0.5) is 5.82 Å². The molecule has 0 bridgehead atoms. The van der Waals surface area contributed by atoms with Crippen LogP contribution >= 0.6 is 0 Å². The molecule has 18 heavy (non-hydrogen) atoms. The largest absolute Gasteiger partial charge is 0.382 e. The Kier molecular flexibility index (Phi) is 4.30. The molecule has 96 valence electrons. The number of hydrogen-bond donors (Lipinski definition) is 1. The van der Waals surface area contributed by atoms with Crippen LogP contribution in [0.25, 0.3) is 0 Å². The Balaban J connectivity index is 1.70. The van der Waals surface area contributed by atoms with Crippen molar-refractivity contribution >= 4 is 5.82 Å². The van der Waals surface area contributed by atoms with Crippen LogP contribution in [0.5, 0.6) is 0 Å². The molecule has 2 aromatic heterocycles. The van der Waals surface area contributed by atoms with E-state index in [-0.39, 0.29) is 0 Å². The molecule has 2 aromatic rings. The van der Waals surface area contributed by atoms with Crippen molar-refractivity contribution in [1.29, 1.82) is 0 Å². The van der Waals surface area contributed by atoms with Crippen LogP contribution in [0, 0.1) is 0 Å². The van der Waals surface area contributed by atoms with Crippen molar-refractivity contribution in [3.8, 4) is 0 Å². The summed E-state index contributed by atoms with van der Waals surface area (Å²) in [4.78, 5) is 6.31. The Bertz CT molecular complexity index is 465. The molecular weight excluding hydrogens is 226 g/mol. The summed E-state index contributed by atoms with van der Waals surface area (Å²) in [7, 11) is 2.12. The van der Waals surface area contributed by atoms with Crippen molar-refractivity contribution in [2.75, 3.05) is 19.3 Å². The summed E-state index contributed by atoms with van der Waals surface area (Å²) in [6, 6.07) is 5.91. The van der Waals surface area contributed by atoms with Crippen molar-refractivity contribution < 1.29 is 0 Å². The van der Waals surface area contributed by atoms with E-state index in [1.807, 2.05) is 41.5 Å². The van der Waals surface area contributed by atoms with E-state index >= 15 is 0 Å². The van der Waals surface area contributed by atoms with Gasteiger partial charge in [0.1, 0.15) is 5.82 Å². The van der Waals surface area contributed by atoms with Crippen LogP contribution in [0.1, 0.15) is 12.0 Å². The van der Waals surface area contributed by atoms with Gasteiger partial charge in [0.05, 0.1) is 0 Å². The minimum Gasteiger partial charge on any atom is -0.382 e. The third kappa shape index (κ3) is 3.85. The maximum atomic E-state index is 5.56. The lowest BCUT2D eigenvalue weighted by molar-refractivity contribution is 0.311. The Morgan fingerprint density at radius 2 is 2.06 bits per heavy atom. The first kappa shape index (κ1) is 12.6. The molecule has 2 rings (SSSR count). The first-order chi connectivity index (χ1) is 8.74. The van der Waals surface area contributed by atoms with Crippen molar-refractivity contribution in [1.82, 2.24) is 19.7 Å². The second kappa shape index (κ2) is 6.16. The summed E-state index contributed by atoms with van der Waals surface area (Å²) in [6.07, 6.45) is 6.63. The smallest absolute Gasteiger partial charge is 0.145 e. The zero-order valence-corrected chi connectivity index (χ0v) is 10.7. The number of anilines is 1. The number of aryl methyl sites for hydroxylation is 1. The van der Waals surface area contributed by atoms with Gasteiger partial charge in [-0.05, 0) is 43.8 Å². The average Bonchev–Trinajstić information content (AvgIpc) is 2.76. The molecule has 0 amide bonds. The summed E-state index contributed by atoms with van der Waals surface area (Å²) in [5.74, 6) is 0.583. The van der Waals surface area contributed by atoms with E-state index in [1.54, 1.807) is 0 Å². The van der Waals surface area contributed by atoms with E-state index in [4.69, 9.17) is 5.73 Å². The third-order valence-corrected chi connectivity index (χ3v) is 2.79. The van der Waals surface area contributed by atoms with E-state index in [0.29, 0.717) is 5.82 Å². The zero-order chi connectivity index (χ0) is 12.8. The second-order valence-electron chi connectivity index (χ2n) is 4.45. The summed E-state index contributed by atoms with van der Waals surface area (Å²) in [6.45, 7) is 2.88. The molecule has 2 heterocycles. The zero-order valence-electron chi connectivity index (χ0n) is 10.7. The molecule has 5 heteroatoms. The van der Waals surface area contributed by atoms with Gasteiger partial charge in [0.15, 0.2) is 0 Å². The Morgan fingerprint density at radius 3 is 2.72 bits per heavy atom. The Hall–Kier alpha value is -1.88. The SMILES string of the molecule is CN(CCCn1ccc(N)n1)Cc1ccncc1. The predicted molar refractivity (Wildman–Crippen MR) is 71.8 cm³/mol.